The summed E-state index contributed by atoms with van der Waals surface area (Å²) in [6.07, 6.45) is 4.63. The van der Waals surface area contributed by atoms with Crippen molar-refractivity contribution >= 4 is 17.5 Å². The molecule has 2 aliphatic rings. The third-order valence-electron chi connectivity index (χ3n) is 4.64. The molecule has 5 heteroatoms. The van der Waals surface area contributed by atoms with Gasteiger partial charge in [0.15, 0.2) is 0 Å². The van der Waals surface area contributed by atoms with E-state index in [4.69, 9.17) is 11.6 Å². The molecule has 3 rings (SSSR count). The van der Waals surface area contributed by atoms with E-state index in [2.05, 4.69) is 10.2 Å². The van der Waals surface area contributed by atoms with E-state index in [1.54, 1.807) is 12.1 Å². The second-order valence-electron chi connectivity index (χ2n) is 6.32. The Labute approximate surface area is 136 Å². The van der Waals surface area contributed by atoms with Crippen molar-refractivity contribution in [2.45, 2.75) is 37.8 Å². The van der Waals surface area contributed by atoms with Crippen molar-refractivity contribution in [3.05, 3.63) is 34.9 Å². The van der Waals surface area contributed by atoms with E-state index in [1.165, 1.54) is 12.8 Å². The molecule has 1 saturated heterocycles. The predicted octanol–water partition coefficient (Wildman–Crippen LogP) is 2.36. The number of nitrogens with zero attached hydrogens (tertiary/aromatic N) is 1. The van der Waals surface area contributed by atoms with Gasteiger partial charge in [0, 0.05) is 5.02 Å². The number of aliphatic hydroxyl groups excluding tert-OH is 1. The van der Waals surface area contributed by atoms with Crippen LogP contribution in [-0.4, -0.2) is 41.7 Å². The second kappa shape index (κ2) is 6.99. The van der Waals surface area contributed by atoms with E-state index in [0.29, 0.717) is 10.9 Å². The number of rotatable bonds is 6. The van der Waals surface area contributed by atoms with Crippen LogP contribution in [-0.2, 0) is 4.79 Å². The van der Waals surface area contributed by atoms with Crippen molar-refractivity contribution in [3.8, 4) is 0 Å². The summed E-state index contributed by atoms with van der Waals surface area (Å²) in [5.41, 5.74) is 0.885. The summed E-state index contributed by atoms with van der Waals surface area (Å²) in [7, 11) is 0. The molecule has 1 aliphatic heterocycles. The molecular weight excluding hydrogens is 300 g/mol. The minimum atomic E-state index is -0.367. The minimum Gasteiger partial charge on any atom is -0.394 e. The summed E-state index contributed by atoms with van der Waals surface area (Å²) in [5, 5.41) is 13.3. The van der Waals surface area contributed by atoms with Gasteiger partial charge < -0.3 is 10.4 Å². The summed E-state index contributed by atoms with van der Waals surface area (Å²) in [4.78, 5) is 15.0. The molecule has 0 radical (unpaired) electrons. The van der Waals surface area contributed by atoms with E-state index >= 15 is 0 Å². The number of hydrogen-bond acceptors (Lipinski definition) is 3. The maximum atomic E-state index is 12.7. The molecule has 2 N–H and O–H groups in total. The van der Waals surface area contributed by atoms with Gasteiger partial charge in [-0.05, 0) is 62.4 Å². The number of halogens is 1. The summed E-state index contributed by atoms with van der Waals surface area (Å²) in [6, 6.07) is 6.88. The number of amides is 1. The molecule has 1 aliphatic carbocycles. The molecule has 0 aromatic heterocycles. The van der Waals surface area contributed by atoms with Crippen LogP contribution >= 0.6 is 11.6 Å². The lowest BCUT2D eigenvalue weighted by atomic mass is 10.1. The monoisotopic (exact) mass is 322 g/mol. The Hall–Kier alpha value is -1.10. The second-order valence-corrected chi connectivity index (χ2v) is 6.76. The maximum absolute atomic E-state index is 12.7. The molecule has 0 spiro atoms. The molecule has 4 nitrogen and oxygen atoms in total. The maximum Gasteiger partial charge on any atom is 0.238 e. The van der Waals surface area contributed by atoms with Crippen LogP contribution in [0, 0.1) is 5.92 Å². The zero-order chi connectivity index (χ0) is 15.5. The highest BCUT2D eigenvalue weighted by atomic mass is 35.5. The third kappa shape index (κ3) is 3.62. The van der Waals surface area contributed by atoms with E-state index in [9.17, 15) is 9.90 Å². The van der Waals surface area contributed by atoms with Gasteiger partial charge in [-0.3, -0.25) is 9.69 Å². The molecule has 2 atom stereocenters. The average molecular weight is 323 g/mol. The zero-order valence-electron chi connectivity index (χ0n) is 12.7. The fourth-order valence-corrected chi connectivity index (χ4v) is 3.42. The molecule has 1 aromatic rings. The number of carbonyl (C=O) groups is 1. The van der Waals surface area contributed by atoms with Gasteiger partial charge in [-0.2, -0.15) is 0 Å². The van der Waals surface area contributed by atoms with Crippen molar-refractivity contribution in [1.29, 1.82) is 0 Å². The molecule has 2 fully saturated rings. The molecule has 1 heterocycles. The molecule has 0 unspecified atom stereocenters. The van der Waals surface area contributed by atoms with Gasteiger partial charge in [-0.15, -0.1) is 0 Å². The standard InChI is InChI=1S/C17H23ClN2O2/c18-14-7-5-12(6-8-14)15(11-21)19-17(22)16(13-3-4-13)20-9-1-2-10-20/h5-8,13,15-16,21H,1-4,9-11H2,(H,19,22)/t15-,16-/m1/s1. The number of carbonyl (C=O) groups excluding carboxylic acids is 1. The molecule has 0 bridgehead atoms. The van der Waals surface area contributed by atoms with Crippen molar-refractivity contribution in [3.63, 3.8) is 0 Å². The number of nitrogens with one attached hydrogen (secondary N) is 1. The molecular formula is C17H23ClN2O2. The third-order valence-corrected chi connectivity index (χ3v) is 4.89. The molecule has 120 valence electrons. The van der Waals surface area contributed by atoms with Crippen molar-refractivity contribution < 1.29 is 9.90 Å². The van der Waals surface area contributed by atoms with Gasteiger partial charge in [-0.1, -0.05) is 23.7 Å². The fourth-order valence-electron chi connectivity index (χ4n) is 3.30. The number of aliphatic hydroxyl groups is 1. The van der Waals surface area contributed by atoms with Crippen molar-refractivity contribution in [2.75, 3.05) is 19.7 Å². The Kier molecular flexibility index (Phi) is 5.01. The first-order valence-corrected chi connectivity index (χ1v) is 8.47. The molecule has 1 amide bonds. The van der Waals surface area contributed by atoms with Gasteiger partial charge in [-0.25, -0.2) is 0 Å². The number of hydrogen-bond donors (Lipinski definition) is 2. The normalized spacial score (nSPS) is 21.5. The van der Waals surface area contributed by atoms with E-state index in [0.717, 1.165) is 31.5 Å². The van der Waals surface area contributed by atoms with Crippen LogP contribution in [0.2, 0.25) is 5.02 Å². The summed E-state index contributed by atoms with van der Waals surface area (Å²) < 4.78 is 0. The van der Waals surface area contributed by atoms with Gasteiger partial charge >= 0.3 is 0 Å². The fraction of sp³-hybridized carbons (Fsp3) is 0.588. The highest BCUT2D eigenvalue weighted by Gasteiger charge is 2.41. The predicted molar refractivity (Wildman–Crippen MR) is 86.7 cm³/mol. The molecule has 1 saturated carbocycles. The van der Waals surface area contributed by atoms with Crippen LogP contribution in [0.15, 0.2) is 24.3 Å². The topological polar surface area (TPSA) is 52.6 Å². The summed E-state index contributed by atoms with van der Waals surface area (Å²) in [6.45, 7) is 1.92. The van der Waals surface area contributed by atoms with Crippen LogP contribution in [0.4, 0.5) is 0 Å². The molecule has 22 heavy (non-hydrogen) atoms. The Morgan fingerprint density at radius 1 is 1.27 bits per heavy atom. The van der Waals surface area contributed by atoms with E-state index in [1.807, 2.05) is 12.1 Å². The quantitative estimate of drug-likeness (QED) is 0.845. The zero-order valence-corrected chi connectivity index (χ0v) is 13.4. The Morgan fingerprint density at radius 2 is 1.91 bits per heavy atom. The van der Waals surface area contributed by atoms with Gasteiger partial charge in [0.1, 0.15) is 0 Å². The van der Waals surface area contributed by atoms with Crippen LogP contribution in [0.25, 0.3) is 0 Å². The lowest BCUT2D eigenvalue weighted by Crippen LogP contribution is -2.48. The smallest absolute Gasteiger partial charge is 0.238 e. The van der Waals surface area contributed by atoms with E-state index < -0.39 is 0 Å². The number of likely N-dealkylation sites (tertiary alicyclic amines) is 1. The van der Waals surface area contributed by atoms with Gasteiger partial charge in [0.25, 0.3) is 0 Å². The van der Waals surface area contributed by atoms with Crippen LogP contribution in [0.1, 0.15) is 37.3 Å². The highest BCUT2D eigenvalue weighted by Crippen LogP contribution is 2.37. The Morgan fingerprint density at radius 3 is 2.45 bits per heavy atom. The van der Waals surface area contributed by atoms with Crippen LogP contribution in [0.3, 0.4) is 0 Å². The summed E-state index contributed by atoms with van der Waals surface area (Å²) in [5.74, 6) is 0.543. The van der Waals surface area contributed by atoms with Crippen LogP contribution in [0.5, 0.6) is 0 Å². The van der Waals surface area contributed by atoms with Gasteiger partial charge in [0.05, 0.1) is 18.7 Å². The average Bonchev–Trinajstić information content (AvgIpc) is 3.20. The lowest BCUT2D eigenvalue weighted by Gasteiger charge is -2.28. The SMILES string of the molecule is O=C(N[C@H](CO)c1ccc(Cl)cc1)[C@@H](C1CC1)N1CCCC1. The Bertz CT molecular complexity index is 510. The first-order chi connectivity index (χ1) is 10.7. The number of benzene rings is 1. The van der Waals surface area contributed by atoms with Crippen LogP contribution < -0.4 is 5.32 Å². The largest absolute Gasteiger partial charge is 0.394 e. The molecule has 1 aromatic carbocycles. The first-order valence-electron chi connectivity index (χ1n) is 8.10. The first kappa shape index (κ1) is 15.8. The van der Waals surface area contributed by atoms with E-state index in [-0.39, 0.29) is 24.6 Å². The Balaban J connectivity index is 1.68. The van der Waals surface area contributed by atoms with Crippen molar-refractivity contribution in [2.24, 2.45) is 5.92 Å². The highest BCUT2D eigenvalue weighted by molar-refractivity contribution is 6.30. The minimum absolute atomic E-state index is 0.0242. The summed E-state index contributed by atoms with van der Waals surface area (Å²) >= 11 is 5.90. The lowest BCUT2D eigenvalue weighted by molar-refractivity contribution is -0.128. The van der Waals surface area contributed by atoms with Gasteiger partial charge in [0.2, 0.25) is 5.91 Å². The van der Waals surface area contributed by atoms with Crippen molar-refractivity contribution in [1.82, 2.24) is 10.2 Å².